The molecule has 10 heavy (non-hydrogen) atoms. The van der Waals surface area contributed by atoms with Crippen molar-refractivity contribution in [1.82, 2.24) is 0 Å². The number of amides is 1. The van der Waals surface area contributed by atoms with Gasteiger partial charge in [0.1, 0.15) is 6.29 Å². The lowest BCUT2D eigenvalue weighted by atomic mass is 10.3. The number of hydrogen-bond donors (Lipinski definition) is 2. The second-order valence-electron chi connectivity index (χ2n) is 1.71. The Morgan fingerprint density at radius 1 is 1.70 bits per heavy atom. The average molecular weight is 162 g/mol. The third-order valence-corrected chi connectivity index (χ3v) is 1.82. The highest BCUT2D eigenvalue weighted by atomic mass is 32.2. The number of hydrogen-bond acceptors (Lipinski definition) is 4. The summed E-state index contributed by atoms with van der Waals surface area (Å²) >= 11 is 1.30. The maximum atomic E-state index is 10.3. The first kappa shape index (κ1) is 9.45. The summed E-state index contributed by atoms with van der Waals surface area (Å²) in [5, 5.41) is 0. The SMILES string of the molecule is NC(=O)[C@H](N)CSCC=O. The Labute approximate surface area is 63.3 Å². The first-order valence-electron chi connectivity index (χ1n) is 2.74. The van der Waals surface area contributed by atoms with Crippen molar-refractivity contribution in [1.29, 1.82) is 0 Å². The van der Waals surface area contributed by atoms with Crippen molar-refractivity contribution >= 4 is 24.0 Å². The molecule has 0 spiro atoms. The van der Waals surface area contributed by atoms with Crippen molar-refractivity contribution in [2.24, 2.45) is 11.5 Å². The summed E-state index contributed by atoms with van der Waals surface area (Å²) in [6, 6.07) is -0.634. The Balaban J connectivity index is 3.30. The second-order valence-corrected chi connectivity index (χ2v) is 2.79. The first-order valence-corrected chi connectivity index (χ1v) is 3.90. The molecule has 4 N–H and O–H groups in total. The van der Waals surface area contributed by atoms with Gasteiger partial charge in [-0.15, -0.1) is 0 Å². The van der Waals surface area contributed by atoms with E-state index in [1.165, 1.54) is 11.8 Å². The summed E-state index contributed by atoms with van der Waals surface area (Å²) in [5.41, 5.74) is 10.1. The van der Waals surface area contributed by atoms with Gasteiger partial charge in [0.15, 0.2) is 0 Å². The van der Waals surface area contributed by atoms with Crippen LogP contribution in [0.5, 0.6) is 0 Å². The maximum absolute atomic E-state index is 10.3. The number of nitrogens with two attached hydrogens (primary N) is 2. The van der Waals surface area contributed by atoms with Gasteiger partial charge in [0.2, 0.25) is 5.91 Å². The Morgan fingerprint density at radius 2 is 2.30 bits per heavy atom. The Kier molecular flexibility index (Phi) is 4.96. The van der Waals surface area contributed by atoms with Gasteiger partial charge in [0.05, 0.1) is 6.04 Å². The molecule has 0 aromatic carbocycles. The fraction of sp³-hybridized carbons (Fsp3) is 0.600. The van der Waals surface area contributed by atoms with Gasteiger partial charge in [-0.05, 0) is 0 Å². The molecule has 0 saturated carbocycles. The zero-order valence-electron chi connectivity index (χ0n) is 5.45. The Morgan fingerprint density at radius 3 is 2.70 bits per heavy atom. The van der Waals surface area contributed by atoms with Crippen LogP contribution >= 0.6 is 11.8 Å². The minimum atomic E-state index is -0.634. The van der Waals surface area contributed by atoms with Crippen LogP contribution in [0.2, 0.25) is 0 Å². The van der Waals surface area contributed by atoms with Crippen molar-refractivity contribution in [2.45, 2.75) is 6.04 Å². The number of primary amides is 1. The molecule has 0 unspecified atom stereocenters. The van der Waals surface area contributed by atoms with Crippen molar-refractivity contribution in [3.05, 3.63) is 0 Å². The van der Waals surface area contributed by atoms with Gasteiger partial charge in [-0.3, -0.25) is 4.79 Å². The molecule has 0 aliphatic carbocycles. The fourth-order valence-electron chi connectivity index (χ4n) is 0.325. The van der Waals surface area contributed by atoms with E-state index in [9.17, 15) is 9.59 Å². The third kappa shape index (κ3) is 4.34. The van der Waals surface area contributed by atoms with E-state index in [1.54, 1.807) is 0 Å². The van der Waals surface area contributed by atoms with Gasteiger partial charge in [0, 0.05) is 11.5 Å². The van der Waals surface area contributed by atoms with E-state index >= 15 is 0 Å². The largest absolute Gasteiger partial charge is 0.368 e. The normalized spacial score (nSPS) is 12.5. The lowest BCUT2D eigenvalue weighted by Gasteiger charge is -2.03. The first-order chi connectivity index (χ1) is 4.68. The van der Waals surface area contributed by atoms with Crippen LogP contribution in [0.3, 0.4) is 0 Å². The van der Waals surface area contributed by atoms with E-state index in [-0.39, 0.29) is 0 Å². The maximum Gasteiger partial charge on any atom is 0.235 e. The molecule has 0 aliphatic rings. The van der Waals surface area contributed by atoms with Crippen molar-refractivity contribution in [2.75, 3.05) is 11.5 Å². The predicted octanol–water partition coefficient (Wildman–Crippen LogP) is -1.27. The number of rotatable bonds is 5. The monoisotopic (exact) mass is 162 g/mol. The van der Waals surface area contributed by atoms with Crippen LogP contribution in [-0.2, 0) is 9.59 Å². The van der Waals surface area contributed by atoms with Gasteiger partial charge < -0.3 is 16.3 Å². The molecule has 5 heteroatoms. The lowest BCUT2D eigenvalue weighted by Crippen LogP contribution is -2.38. The van der Waals surface area contributed by atoms with E-state index in [0.717, 1.165) is 6.29 Å². The molecule has 0 radical (unpaired) electrons. The summed E-state index contributed by atoms with van der Waals surface area (Å²) in [5.74, 6) is 0.244. The summed E-state index contributed by atoms with van der Waals surface area (Å²) in [4.78, 5) is 20.1. The molecule has 0 rings (SSSR count). The molecule has 0 aromatic rings. The molecule has 1 atom stereocenters. The summed E-state index contributed by atoms with van der Waals surface area (Å²) in [6.07, 6.45) is 0.762. The van der Waals surface area contributed by atoms with Gasteiger partial charge in [0.25, 0.3) is 0 Å². The Bertz CT molecular complexity index is 129. The fourth-order valence-corrected chi connectivity index (χ4v) is 0.976. The summed E-state index contributed by atoms with van der Waals surface area (Å²) in [7, 11) is 0. The van der Waals surface area contributed by atoms with Crippen LogP contribution in [0.4, 0.5) is 0 Å². The van der Waals surface area contributed by atoms with E-state index in [4.69, 9.17) is 11.5 Å². The topological polar surface area (TPSA) is 86.2 Å². The van der Waals surface area contributed by atoms with E-state index < -0.39 is 11.9 Å². The van der Waals surface area contributed by atoms with Crippen molar-refractivity contribution < 1.29 is 9.59 Å². The van der Waals surface area contributed by atoms with Gasteiger partial charge in [-0.1, -0.05) is 0 Å². The average Bonchev–Trinajstić information content (AvgIpc) is 1.88. The highest BCUT2D eigenvalue weighted by Gasteiger charge is 2.07. The van der Waals surface area contributed by atoms with E-state index in [0.29, 0.717) is 11.5 Å². The molecule has 0 aliphatic heterocycles. The summed E-state index contributed by atoms with van der Waals surface area (Å²) < 4.78 is 0. The minimum absolute atomic E-state index is 0.362. The lowest BCUT2D eigenvalue weighted by molar-refractivity contribution is -0.118. The standard InChI is InChI=1S/C5H10N2O2S/c6-4(5(7)9)3-10-2-1-8/h1,4H,2-3,6H2,(H2,7,9)/t4-/m1/s1. The third-order valence-electron chi connectivity index (χ3n) is 0.849. The van der Waals surface area contributed by atoms with Crippen LogP contribution < -0.4 is 11.5 Å². The molecule has 1 amide bonds. The van der Waals surface area contributed by atoms with Crippen LogP contribution in [0.25, 0.3) is 0 Å². The van der Waals surface area contributed by atoms with Gasteiger partial charge >= 0.3 is 0 Å². The molecule has 0 aromatic heterocycles. The summed E-state index contributed by atoms with van der Waals surface area (Å²) in [6.45, 7) is 0. The van der Waals surface area contributed by atoms with Crippen LogP contribution in [-0.4, -0.2) is 29.7 Å². The van der Waals surface area contributed by atoms with E-state index in [2.05, 4.69) is 0 Å². The van der Waals surface area contributed by atoms with E-state index in [1.807, 2.05) is 0 Å². The number of thioether (sulfide) groups is 1. The molecule has 0 saturated heterocycles. The number of carbonyl (C=O) groups is 2. The van der Waals surface area contributed by atoms with Crippen LogP contribution in [0.1, 0.15) is 0 Å². The second kappa shape index (κ2) is 5.25. The molecule has 0 fully saturated rings. The molecular weight excluding hydrogens is 152 g/mol. The highest BCUT2D eigenvalue weighted by Crippen LogP contribution is 1.98. The molecule has 0 heterocycles. The number of aldehydes is 1. The molecule has 4 nitrogen and oxygen atoms in total. The molecule has 58 valence electrons. The van der Waals surface area contributed by atoms with Gasteiger partial charge in [-0.2, -0.15) is 11.8 Å². The zero-order chi connectivity index (χ0) is 7.98. The van der Waals surface area contributed by atoms with Crippen molar-refractivity contribution in [3.63, 3.8) is 0 Å². The Hall–Kier alpha value is -0.550. The quantitative estimate of drug-likeness (QED) is 0.390. The van der Waals surface area contributed by atoms with Crippen LogP contribution in [0, 0.1) is 0 Å². The highest BCUT2D eigenvalue weighted by molar-refractivity contribution is 7.99. The minimum Gasteiger partial charge on any atom is -0.368 e. The zero-order valence-corrected chi connectivity index (χ0v) is 6.26. The molecule has 0 bridgehead atoms. The number of carbonyl (C=O) groups excluding carboxylic acids is 2. The van der Waals surface area contributed by atoms with Crippen LogP contribution in [0.15, 0.2) is 0 Å². The molecular formula is C5H10N2O2S. The smallest absolute Gasteiger partial charge is 0.235 e. The predicted molar refractivity (Wildman–Crippen MR) is 40.6 cm³/mol. The van der Waals surface area contributed by atoms with Gasteiger partial charge in [-0.25, -0.2) is 0 Å². The van der Waals surface area contributed by atoms with Crippen molar-refractivity contribution in [3.8, 4) is 0 Å².